The van der Waals surface area contributed by atoms with Crippen LogP contribution < -0.4 is 11.0 Å². The number of rotatable bonds is 6. The molecule has 1 aliphatic carbocycles. The molecule has 1 unspecified atom stereocenters. The molecule has 7 nitrogen and oxygen atoms in total. The van der Waals surface area contributed by atoms with E-state index in [9.17, 15) is 19.5 Å². The molecule has 0 aliphatic heterocycles. The molecule has 0 saturated heterocycles. The Bertz CT molecular complexity index is 816. The molecule has 1 saturated carbocycles. The standard InChI is InChI=1S/C16H19N3O4/c1-18-12-4-2-3-5-13(12)19(16(18)23)9-14(20)17-11(15(21)22)8-10-6-7-10/h2-5,10-11H,6-9H2,1H3,(H,17,20)(H,21,22). The number of aryl methyl sites for hydroxylation is 1. The summed E-state index contributed by atoms with van der Waals surface area (Å²) in [7, 11) is 1.65. The molecule has 23 heavy (non-hydrogen) atoms. The van der Waals surface area contributed by atoms with Crippen LogP contribution in [-0.2, 0) is 23.2 Å². The number of carboxylic acid groups (broad SMARTS) is 1. The van der Waals surface area contributed by atoms with Gasteiger partial charge >= 0.3 is 11.7 Å². The van der Waals surface area contributed by atoms with Gasteiger partial charge in [0.1, 0.15) is 12.6 Å². The SMILES string of the molecule is Cn1c(=O)n(CC(=O)NC(CC2CC2)C(=O)O)c2ccccc21. The van der Waals surface area contributed by atoms with Crippen molar-refractivity contribution in [3.63, 3.8) is 0 Å². The molecule has 2 N–H and O–H groups in total. The van der Waals surface area contributed by atoms with Crippen LogP contribution in [0.25, 0.3) is 11.0 Å². The molecule has 1 aromatic heterocycles. The van der Waals surface area contributed by atoms with E-state index < -0.39 is 17.9 Å². The molecule has 0 bridgehead atoms. The number of carbonyl (C=O) groups excluding carboxylic acids is 1. The molecule has 3 rings (SSSR count). The highest BCUT2D eigenvalue weighted by atomic mass is 16.4. The van der Waals surface area contributed by atoms with E-state index in [2.05, 4.69) is 5.32 Å². The van der Waals surface area contributed by atoms with Crippen molar-refractivity contribution in [2.45, 2.75) is 31.8 Å². The van der Waals surface area contributed by atoms with Crippen LogP contribution in [0.5, 0.6) is 0 Å². The number of carbonyl (C=O) groups is 2. The lowest BCUT2D eigenvalue weighted by Crippen LogP contribution is -2.43. The zero-order valence-electron chi connectivity index (χ0n) is 12.9. The Balaban J connectivity index is 1.78. The number of benzene rings is 1. The number of carboxylic acids is 1. The molecule has 1 heterocycles. The predicted molar refractivity (Wildman–Crippen MR) is 84.1 cm³/mol. The highest BCUT2D eigenvalue weighted by Gasteiger charge is 2.30. The molecular weight excluding hydrogens is 298 g/mol. The first-order chi connectivity index (χ1) is 11.0. The number of para-hydroxylation sites is 2. The first kappa shape index (κ1) is 15.3. The highest BCUT2D eigenvalue weighted by Crippen LogP contribution is 2.33. The Hall–Kier alpha value is -2.57. The first-order valence-corrected chi connectivity index (χ1v) is 7.64. The van der Waals surface area contributed by atoms with Gasteiger partial charge in [0.05, 0.1) is 11.0 Å². The molecule has 1 fully saturated rings. The number of amides is 1. The molecule has 2 aromatic rings. The van der Waals surface area contributed by atoms with Crippen LogP contribution in [-0.4, -0.2) is 32.2 Å². The lowest BCUT2D eigenvalue weighted by atomic mass is 10.1. The van der Waals surface area contributed by atoms with Gasteiger partial charge < -0.3 is 10.4 Å². The van der Waals surface area contributed by atoms with E-state index in [1.165, 1.54) is 9.13 Å². The van der Waals surface area contributed by atoms with Crippen molar-refractivity contribution in [2.75, 3.05) is 0 Å². The van der Waals surface area contributed by atoms with E-state index in [0.717, 1.165) is 18.4 Å². The molecule has 1 aromatic carbocycles. The fraction of sp³-hybridized carbons (Fsp3) is 0.438. The Morgan fingerprint density at radius 2 is 1.96 bits per heavy atom. The zero-order chi connectivity index (χ0) is 16.6. The maximum absolute atomic E-state index is 12.3. The summed E-state index contributed by atoms with van der Waals surface area (Å²) >= 11 is 0. The van der Waals surface area contributed by atoms with Crippen LogP contribution >= 0.6 is 0 Å². The van der Waals surface area contributed by atoms with Crippen LogP contribution in [0.3, 0.4) is 0 Å². The quantitative estimate of drug-likeness (QED) is 0.820. The summed E-state index contributed by atoms with van der Waals surface area (Å²) in [4.78, 5) is 35.7. The van der Waals surface area contributed by atoms with Gasteiger partial charge in [0.15, 0.2) is 0 Å². The second kappa shape index (κ2) is 5.91. The van der Waals surface area contributed by atoms with Gasteiger partial charge in [-0.1, -0.05) is 25.0 Å². The summed E-state index contributed by atoms with van der Waals surface area (Å²) in [5.41, 5.74) is 1.10. The number of hydrogen-bond acceptors (Lipinski definition) is 3. The van der Waals surface area contributed by atoms with E-state index in [1.807, 2.05) is 6.07 Å². The number of nitrogens with one attached hydrogen (secondary N) is 1. The van der Waals surface area contributed by atoms with Crippen molar-refractivity contribution < 1.29 is 14.7 Å². The minimum atomic E-state index is -1.03. The van der Waals surface area contributed by atoms with Gasteiger partial charge in [0.2, 0.25) is 5.91 Å². The maximum Gasteiger partial charge on any atom is 0.329 e. The summed E-state index contributed by atoms with van der Waals surface area (Å²) in [6.45, 7) is -0.186. The minimum Gasteiger partial charge on any atom is -0.480 e. The zero-order valence-corrected chi connectivity index (χ0v) is 12.9. The number of nitrogens with zero attached hydrogens (tertiary/aromatic N) is 2. The third-order valence-electron chi connectivity index (χ3n) is 4.25. The van der Waals surface area contributed by atoms with Gasteiger partial charge in [-0.05, 0) is 24.5 Å². The predicted octanol–water partition coefficient (Wildman–Crippen LogP) is 0.710. The first-order valence-electron chi connectivity index (χ1n) is 7.64. The Morgan fingerprint density at radius 1 is 1.30 bits per heavy atom. The average Bonchev–Trinajstić information content (AvgIpc) is 3.31. The molecule has 7 heteroatoms. The average molecular weight is 317 g/mol. The maximum atomic E-state index is 12.3. The number of hydrogen-bond donors (Lipinski definition) is 2. The summed E-state index contributed by atoms with van der Waals surface area (Å²) in [5, 5.41) is 11.7. The highest BCUT2D eigenvalue weighted by molar-refractivity contribution is 5.85. The third kappa shape index (κ3) is 3.13. The lowest BCUT2D eigenvalue weighted by Gasteiger charge is -2.14. The van der Waals surface area contributed by atoms with Crippen LogP contribution in [0.4, 0.5) is 0 Å². The Labute approximate surface area is 132 Å². The smallest absolute Gasteiger partial charge is 0.329 e. The van der Waals surface area contributed by atoms with Crippen molar-refractivity contribution in [2.24, 2.45) is 13.0 Å². The second-order valence-electron chi connectivity index (χ2n) is 6.05. The van der Waals surface area contributed by atoms with Crippen LogP contribution in [0.1, 0.15) is 19.3 Å². The van der Waals surface area contributed by atoms with Crippen LogP contribution in [0, 0.1) is 5.92 Å². The second-order valence-corrected chi connectivity index (χ2v) is 6.05. The summed E-state index contributed by atoms with van der Waals surface area (Å²) in [6, 6.07) is 6.30. The topological polar surface area (TPSA) is 93.3 Å². The van der Waals surface area contributed by atoms with Gasteiger partial charge in [-0.3, -0.25) is 13.9 Å². The molecule has 1 aliphatic rings. The fourth-order valence-electron chi connectivity index (χ4n) is 2.81. The number of aromatic nitrogens is 2. The van der Waals surface area contributed by atoms with Crippen molar-refractivity contribution in [1.82, 2.24) is 14.5 Å². The minimum absolute atomic E-state index is 0.186. The number of fused-ring (bicyclic) bond motifs is 1. The van der Waals surface area contributed by atoms with Gasteiger partial charge in [-0.25, -0.2) is 9.59 Å². The van der Waals surface area contributed by atoms with Gasteiger partial charge in [-0.15, -0.1) is 0 Å². The summed E-state index contributed by atoms with van der Waals surface area (Å²) in [5.74, 6) is -1.11. The molecule has 0 spiro atoms. The van der Waals surface area contributed by atoms with Crippen molar-refractivity contribution in [1.29, 1.82) is 0 Å². The largest absolute Gasteiger partial charge is 0.480 e. The summed E-state index contributed by atoms with van der Waals surface area (Å²) < 4.78 is 2.84. The Kier molecular flexibility index (Phi) is 3.94. The van der Waals surface area contributed by atoms with Gasteiger partial charge in [-0.2, -0.15) is 0 Å². The number of imidazole rings is 1. The van der Waals surface area contributed by atoms with Crippen molar-refractivity contribution in [3.8, 4) is 0 Å². The van der Waals surface area contributed by atoms with Crippen LogP contribution in [0.2, 0.25) is 0 Å². The molecule has 122 valence electrons. The van der Waals surface area contributed by atoms with Gasteiger partial charge in [0.25, 0.3) is 0 Å². The van der Waals surface area contributed by atoms with Crippen molar-refractivity contribution >= 4 is 22.9 Å². The summed E-state index contributed by atoms with van der Waals surface area (Å²) in [6.07, 6.45) is 2.48. The molecule has 1 amide bonds. The van der Waals surface area contributed by atoms with E-state index in [0.29, 0.717) is 17.9 Å². The van der Waals surface area contributed by atoms with Gasteiger partial charge in [0, 0.05) is 7.05 Å². The third-order valence-corrected chi connectivity index (χ3v) is 4.25. The monoisotopic (exact) mass is 317 g/mol. The lowest BCUT2D eigenvalue weighted by molar-refractivity contribution is -0.142. The fourth-order valence-corrected chi connectivity index (χ4v) is 2.81. The normalized spacial score (nSPS) is 15.5. The van der Waals surface area contributed by atoms with E-state index in [4.69, 9.17) is 0 Å². The van der Waals surface area contributed by atoms with Crippen molar-refractivity contribution in [3.05, 3.63) is 34.7 Å². The van der Waals surface area contributed by atoms with Crippen LogP contribution in [0.15, 0.2) is 29.1 Å². The van der Waals surface area contributed by atoms with E-state index in [1.54, 1.807) is 25.2 Å². The van der Waals surface area contributed by atoms with E-state index in [-0.39, 0.29) is 12.2 Å². The van der Waals surface area contributed by atoms with E-state index >= 15 is 0 Å². The number of aliphatic carboxylic acids is 1. The molecular formula is C16H19N3O4. The Morgan fingerprint density at radius 3 is 2.57 bits per heavy atom. The molecule has 0 radical (unpaired) electrons. The molecule has 1 atom stereocenters.